The maximum absolute atomic E-state index is 12.1. The van der Waals surface area contributed by atoms with Crippen LogP contribution in [0, 0.1) is 0 Å². The SMILES string of the molecule is CCc1ncc2c(n1)CN(c1ccc(C(=O)N(C)CC)cn1)C2. The van der Waals surface area contributed by atoms with Crippen LogP contribution < -0.4 is 4.90 Å². The highest BCUT2D eigenvalue weighted by Crippen LogP contribution is 2.25. The lowest BCUT2D eigenvalue weighted by atomic mass is 10.2. The predicted molar refractivity (Wildman–Crippen MR) is 88.2 cm³/mol. The monoisotopic (exact) mass is 311 g/mol. The second-order valence-corrected chi connectivity index (χ2v) is 5.69. The zero-order valence-electron chi connectivity index (χ0n) is 13.8. The second-order valence-electron chi connectivity index (χ2n) is 5.69. The maximum Gasteiger partial charge on any atom is 0.255 e. The average Bonchev–Trinajstić information content (AvgIpc) is 3.03. The summed E-state index contributed by atoms with van der Waals surface area (Å²) in [6.07, 6.45) is 4.40. The number of anilines is 1. The Balaban J connectivity index is 1.75. The first-order valence-corrected chi connectivity index (χ1v) is 7.92. The van der Waals surface area contributed by atoms with Gasteiger partial charge in [0.2, 0.25) is 0 Å². The largest absolute Gasteiger partial charge is 0.346 e. The van der Waals surface area contributed by atoms with E-state index in [1.807, 2.05) is 25.3 Å². The normalized spacial score (nSPS) is 13.1. The zero-order valence-corrected chi connectivity index (χ0v) is 13.8. The topological polar surface area (TPSA) is 62.2 Å². The van der Waals surface area contributed by atoms with Gasteiger partial charge in [0.15, 0.2) is 0 Å². The Morgan fingerprint density at radius 1 is 1.22 bits per heavy atom. The van der Waals surface area contributed by atoms with Gasteiger partial charge in [0.1, 0.15) is 11.6 Å². The fraction of sp³-hybridized carbons (Fsp3) is 0.412. The van der Waals surface area contributed by atoms with Crippen LogP contribution in [0.25, 0.3) is 0 Å². The molecule has 0 bridgehead atoms. The van der Waals surface area contributed by atoms with E-state index in [2.05, 4.69) is 26.8 Å². The molecule has 0 fully saturated rings. The van der Waals surface area contributed by atoms with E-state index in [1.54, 1.807) is 18.1 Å². The summed E-state index contributed by atoms with van der Waals surface area (Å²) in [6, 6.07) is 3.74. The molecule has 0 aliphatic carbocycles. The summed E-state index contributed by atoms with van der Waals surface area (Å²) in [5.41, 5.74) is 2.84. The highest BCUT2D eigenvalue weighted by Gasteiger charge is 2.22. The first kappa shape index (κ1) is 15.4. The molecule has 1 aliphatic rings. The molecule has 0 aromatic carbocycles. The molecule has 23 heavy (non-hydrogen) atoms. The summed E-state index contributed by atoms with van der Waals surface area (Å²) >= 11 is 0. The van der Waals surface area contributed by atoms with E-state index in [0.717, 1.165) is 42.4 Å². The number of carbonyl (C=O) groups is 1. The fourth-order valence-electron chi connectivity index (χ4n) is 2.59. The number of nitrogens with zero attached hydrogens (tertiary/aromatic N) is 5. The van der Waals surface area contributed by atoms with E-state index in [9.17, 15) is 4.79 Å². The lowest BCUT2D eigenvalue weighted by Crippen LogP contribution is -2.26. The zero-order chi connectivity index (χ0) is 16.4. The van der Waals surface area contributed by atoms with Crippen molar-refractivity contribution in [3.05, 3.63) is 47.2 Å². The summed E-state index contributed by atoms with van der Waals surface area (Å²) in [5, 5.41) is 0. The molecule has 0 N–H and O–H groups in total. The molecule has 120 valence electrons. The molecule has 2 aromatic rings. The van der Waals surface area contributed by atoms with Crippen LogP contribution >= 0.6 is 0 Å². The summed E-state index contributed by atoms with van der Waals surface area (Å²) in [6.45, 7) is 6.18. The van der Waals surface area contributed by atoms with Gasteiger partial charge in [-0.05, 0) is 19.1 Å². The van der Waals surface area contributed by atoms with E-state index < -0.39 is 0 Å². The Labute approximate surface area is 136 Å². The van der Waals surface area contributed by atoms with Gasteiger partial charge in [-0.2, -0.15) is 0 Å². The summed E-state index contributed by atoms with van der Waals surface area (Å²) < 4.78 is 0. The van der Waals surface area contributed by atoms with Gasteiger partial charge in [0.25, 0.3) is 5.91 Å². The third-order valence-electron chi connectivity index (χ3n) is 4.16. The molecule has 0 saturated carbocycles. The molecule has 1 amide bonds. The standard InChI is InChI=1S/C17H21N5O/c1-4-15-18-9-13-10-22(11-14(13)20-15)16-7-6-12(8-19-16)17(23)21(3)5-2/h6-9H,4-5,10-11H2,1-3H3. The van der Waals surface area contributed by atoms with Crippen molar-refractivity contribution in [1.29, 1.82) is 0 Å². The van der Waals surface area contributed by atoms with Crippen molar-refractivity contribution in [2.24, 2.45) is 0 Å². The molecule has 3 rings (SSSR count). The maximum atomic E-state index is 12.1. The highest BCUT2D eigenvalue weighted by atomic mass is 16.2. The molecule has 3 heterocycles. The van der Waals surface area contributed by atoms with Crippen molar-refractivity contribution in [1.82, 2.24) is 19.9 Å². The summed E-state index contributed by atoms with van der Waals surface area (Å²) in [7, 11) is 1.79. The van der Waals surface area contributed by atoms with Crippen molar-refractivity contribution in [3.8, 4) is 0 Å². The number of carbonyl (C=O) groups excluding carboxylic acids is 1. The third-order valence-corrected chi connectivity index (χ3v) is 4.16. The molecule has 0 atom stereocenters. The molecule has 6 nitrogen and oxygen atoms in total. The molecular formula is C17H21N5O. The Kier molecular flexibility index (Phi) is 4.23. The summed E-state index contributed by atoms with van der Waals surface area (Å²) in [5.74, 6) is 1.73. The van der Waals surface area contributed by atoms with Crippen LogP contribution in [-0.2, 0) is 19.5 Å². The molecule has 1 aliphatic heterocycles. The van der Waals surface area contributed by atoms with Gasteiger partial charge in [-0.25, -0.2) is 15.0 Å². The Hall–Kier alpha value is -2.50. The van der Waals surface area contributed by atoms with Gasteiger partial charge in [-0.15, -0.1) is 0 Å². The van der Waals surface area contributed by atoms with Gasteiger partial charge < -0.3 is 9.80 Å². The molecule has 0 radical (unpaired) electrons. The van der Waals surface area contributed by atoms with Crippen LogP contribution in [-0.4, -0.2) is 39.4 Å². The number of hydrogen-bond donors (Lipinski definition) is 0. The van der Waals surface area contributed by atoms with Gasteiger partial charge in [0, 0.05) is 44.5 Å². The van der Waals surface area contributed by atoms with Crippen LogP contribution in [0.4, 0.5) is 5.82 Å². The predicted octanol–water partition coefficient (Wildman–Crippen LogP) is 2.05. The number of aromatic nitrogens is 3. The van der Waals surface area contributed by atoms with Crippen molar-refractivity contribution in [2.45, 2.75) is 33.4 Å². The number of fused-ring (bicyclic) bond motifs is 1. The minimum Gasteiger partial charge on any atom is -0.346 e. The molecule has 0 spiro atoms. The van der Waals surface area contributed by atoms with Gasteiger partial charge in [-0.3, -0.25) is 4.79 Å². The van der Waals surface area contributed by atoms with Crippen molar-refractivity contribution in [2.75, 3.05) is 18.5 Å². The van der Waals surface area contributed by atoms with Crippen LogP contribution in [0.2, 0.25) is 0 Å². The number of rotatable bonds is 4. The Morgan fingerprint density at radius 3 is 2.70 bits per heavy atom. The van der Waals surface area contributed by atoms with E-state index in [4.69, 9.17) is 0 Å². The van der Waals surface area contributed by atoms with Crippen molar-refractivity contribution < 1.29 is 4.79 Å². The lowest BCUT2D eigenvalue weighted by Gasteiger charge is -2.17. The Morgan fingerprint density at radius 2 is 2.04 bits per heavy atom. The second kappa shape index (κ2) is 6.32. The minimum atomic E-state index is -0.00490. The molecule has 2 aromatic heterocycles. The van der Waals surface area contributed by atoms with Crippen LogP contribution in [0.1, 0.15) is 41.3 Å². The fourth-order valence-corrected chi connectivity index (χ4v) is 2.59. The quantitative estimate of drug-likeness (QED) is 0.865. The summed E-state index contributed by atoms with van der Waals surface area (Å²) in [4.78, 5) is 29.3. The van der Waals surface area contributed by atoms with Crippen LogP contribution in [0.3, 0.4) is 0 Å². The molecule has 0 unspecified atom stereocenters. The molecule has 6 heteroatoms. The number of hydrogen-bond acceptors (Lipinski definition) is 5. The van der Waals surface area contributed by atoms with E-state index in [1.165, 1.54) is 0 Å². The number of pyridine rings is 1. The highest BCUT2D eigenvalue weighted by molar-refractivity contribution is 5.93. The third kappa shape index (κ3) is 3.02. The van der Waals surface area contributed by atoms with E-state index in [-0.39, 0.29) is 5.91 Å². The molecular weight excluding hydrogens is 290 g/mol. The van der Waals surface area contributed by atoms with Gasteiger partial charge in [-0.1, -0.05) is 6.92 Å². The Bertz CT molecular complexity index is 713. The minimum absolute atomic E-state index is 0.00490. The van der Waals surface area contributed by atoms with E-state index >= 15 is 0 Å². The van der Waals surface area contributed by atoms with E-state index in [0.29, 0.717) is 12.1 Å². The molecule has 0 saturated heterocycles. The van der Waals surface area contributed by atoms with Gasteiger partial charge >= 0.3 is 0 Å². The van der Waals surface area contributed by atoms with Crippen molar-refractivity contribution in [3.63, 3.8) is 0 Å². The first-order valence-electron chi connectivity index (χ1n) is 7.92. The number of amides is 1. The first-order chi connectivity index (χ1) is 11.1. The smallest absolute Gasteiger partial charge is 0.255 e. The van der Waals surface area contributed by atoms with Crippen molar-refractivity contribution >= 4 is 11.7 Å². The number of aryl methyl sites for hydroxylation is 1. The lowest BCUT2D eigenvalue weighted by molar-refractivity contribution is 0.0802. The average molecular weight is 311 g/mol. The van der Waals surface area contributed by atoms with Gasteiger partial charge in [0.05, 0.1) is 17.8 Å². The van der Waals surface area contributed by atoms with Crippen LogP contribution in [0.15, 0.2) is 24.5 Å². The van der Waals surface area contributed by atoms with Crippen LogP contribution in [0.5, 0.6) is 0 Å².